The van der Waals surface area contributed by atoms with Crippen molar-refractivity contribution in [3.63, 3.8) is 0 Å². The number of nitrogens with zero attached hydrogens (tertiary/aromatic N) is 1. The molecule has 1 amide bonds. The lowest BCUT2D eigenvalue weighted by molar-refractivity contribution is -0.133. The third-order valence-electron chi connectivity index (χ3n) is 4.29. The topological polar surface area (TPSA) is 58.4 Å². The molecule has 0 spiro atoms. The van der Waals surface area contributed by atoms with Gasteiger partial charge in [0.25, 0.3) is 0 Å². The fraction of sp³-hybridized carbons (Fsp3) is 0.923. The number of hydrogen-bond acceptors (Lipinski definition) is 3. The predicted octanol–water partition coefficient (Wildman–Crippen LogP) is 0.714. The van der Waals surface area contributed by atoms with Crippen molar-refractivity contribution in [1.29, 1.82) is 0 Å². The molecule has 3 N–H and O–H groups in total. The first-order chi connectivity index (χ1) is 8.22. The summed E-state index contributed by atoms with van der Waals surface area (Å²) in [6, 6.07) is 0.662. The Labute approximate surface area is 104 Å². The molecule has 0 aromatic heterocycles. The molecule has 1 saturated heterocycles. The number of carbonyl (C=O) groups excluding carboxylic acids is 1. The van der Waals surface area contributed by atoms with Crippen LogP contribution in [0.15, 0.2) is 0 Å². The number of nitrogens with one attached hydrogen (secondary N) is 1. The first-order valence-corrected chi connectivity index (χ1v) is 6.92. The highest BCUT2D eigenvalue weighted by Crippen LogP contribution is 2.28. The quantitative estimate of drug-likeness (QED) is 0.760. The molecule has 4 heteroatoms. The van der Waals surface area contributed by atoms with Crippen molar-refractivity contribution < 1.29 is 4.79 Å². The Hall–Kier alpha value is -0.610. The zero-order valence-electron chi connectivity index (χ0n) is 10.8. The van der Waals surface area contributed by atoms with Crippen LogP contribution in [0.3, 0.4) is 0 Å². The van der Waals surface area contributed by atoms with Gasteiger partial charge in [0.15, 0.2) is 0 Å². The Morgan fingerprint density at radius 3 is 2.82 bits per heavy atom. The Morgan fingerprint density at radius 2 is 2.18 bits per heavy atom. The van der Waals surface area contributed by atoms with Crippen molar-refractivity contribution in [2.75, 3.05) is 20.1 Å². The van der Waals surface area contributed by atoms with E-state index in [4.69, 9.17) is 5.73 Å². The second kappa shape index (κ2) is 5.83. The van der Waals surface area contributed by atoms with E-state index in [1.165, 1.54) is 6.42 Å². The summed E-state index contributed by atoms with van der Waals surface area (Å²) in [4.78, 5) is 14.3. The monoisotopic (exact) mass is 239 g/mol. The molecule has 1 unspecified atom stereocenters. The van der Waals surface area contributed by atoms with Crippen molar-refractivity contribution in [3.05, 3.63) is 0 Å². The van der Waals surface area contributed by atoms with Crippen LogP contribution in [0, 0.1) is 5.92 Å². The van der Waals surface area contributed by atoms with Crippen molar-refractivity contribution in [3.8, 4) is 0 Å². The molecule has 1 aliphatic carbocycles. The lowest BCUT2D eigenvalue weighted by atomic mass is 9.99. The molecule has 2 aliphatic rings. The van der Waals surface area contributed by atoms with E-state index >= 15 is 0 Å². The van der Waals surface area contributed by atoms with Gasteiger partial charge in [-0.1, -0.05) is 6.42 Å². The molecule has 17 heavy (non-hydrogen) atoms. The Morgan fingerprint density at radius 1 is 1.35 bits per heavy atom. The van der Waals surface area contributed by atoms with Crippen LogP contribution in [-0.2, 0) is 4.79 Å². The number of carbonyl (C=O) groups is 1. The molecule has 0 radical (unpaired) electrons. The molecule has 1 aliphatic heterocycles. The molecule has 98 valence electrons. The van der Waals surface area contributed by atoms with Gasteiger partial charge < -0.3 is 16.0 Å². The van der Waals surface area contributed by atoms with Crippen LogP contribution in [0.2, 0.25) is 0 Å². The van der Waals surface area contributed by atoms with E-state index in [1.807, 2.05) is 7.05 Å². The first kappa shape index (κ1) is 12.8. The minimum atomic E-state index is 0.254. The van der Waals surface area contributed by atoms with Gasteiger partial charge in [0.1, 0.15) is 0 Å². The first-order valence-electron chi connectivity index (χ1n) is 6.92. The highest BCUT2D eigenvalue weighted by molar-refractivity contribution is 5.77. The Kier molecular flexibility index (Phi) is 4.40. The number of hydrogen-bond donors (Lipinski definition) is 2. The molecule has 2 rings (SSSR count). The van der Waals surface area contributed by atoms with Gasteiger partial charge >= 0.3 is 0 Å². The molecule has 0 aromatic carbocycles. The number of rotatable bonds is 4. The maximum absolute atomic E-state index is 12.3. The predicted molar refractivity (Wildman–Crippen MR) is 68.6 cm³/mol. The summed E-state index contributed by atoms with van der Waals surface area (Å²) in [5, 5.41) is 3.18. The average Bonchev–Trinajstić information content (AvgIpc) is 2.89. The van der Waals surface area contributed by atoms with Crippen molar-refractivity contribution in [2.24, 2.45) is 11.7 Å². The molecule has 1 saturated carbocycles. The molecule has 4 nitrogen and oxygen atoms in total. The zero-order valence-corrected chi connectivity index (χ0v) is 10.8. The summed E-state index contributed by atoms with van der Waals surface area (Å²) in [5.41, 5.74) is 6.04. The number of likely N-dealkylation sites (N-methyl/N-ethyl adjacent to an activating group) is 1. The summed E-state index contributed by atoms with van der Waals surface area (Å²) in [6.45, 7) is 1.86. The van der Waals surface area contributed by atoms with Crippen LogP contribution in [0.1, 0.15) is 38.5 Å². The minimum Gasteiger partial charge on any atom is -0.338 e. The standard InChI is InChI=1S/C13H25N3O/c1-15-9-11-5-3-7-16(11)13(17)8-10-4-2-6-12(10)14/h10-12,15H,2-9,14H2,1H3/t10-,11?,12+/m0/s1. The molecule has 3 atom stereocenters. The lowest BCUT2D eigenvalue weighted by Crippen LogP contribution is -2.42. The van der Waals surface area contributed by atoms with Crippen LogP contribution in [0.25, 0.3) is 0 Å². The van der Waals surface area contributed by atoms with Crippen molar-refractivity contribution in [1.82, 2.24) is 10.2 Å². The lowest BCUT2D eigenvalue weighted by Gasteiger charge is -2.26. The van der Waals surface area contributed by atoms with E-state index in [9.17, 15) is 4.79 Å². The number of amides is 1. The number of likely N-dealkylation sites (tertiary alicyclic amines) is 1. The Balaban J connectivity index is 1.86. The van der Waals surface area contributed by atoms with E-state index in [2.05, 4.69) is 10.2 Å². The second-order valence-corrected chi connectivity index (χ2v) is 5.50. The third kappa shape index (κ3) is 2.99. The van der Waals surface area contributed by atoms with Gasteiger partial charge in [0.05, 0.1) is 0 Å². The molecule has 2 fully saturated rings. The van der Waals surface area contributed by atoms with Gasteiger partial charge in [-0.05, 0) is 38.6 Å². The van der Waals surface area contributed by atoms with Gasteiger partial charge in [0, 0.05) is 31.6 Å². The molecule has 0 aromatic rings. The summed E-state index contributed by atoms with van der Waals surface area (Å²) in [5.74, 6) is 0.753. The highest BCUT2D eigenvalue weighted by atomic mass is 16.2. The average molecular weight is 239 g/mol. The van der Waals surface area contributed by atoms with Crippen LogP contribution in [0.5, 0.6) is 0 Å². The maximum Gasteiger partial charge on any atom is 0.223 e. The SMILES string of the molecule is CNCC1CCCN1C(=O)C[C@@H]1CCC[C@H]1N. The number of nitrogens with two attached hydrogens (primary N) is 1. The van der Waals surface area contributed by atoms with Crippen LogP contribution in [-0.4, -0.2) is 43.0 Å². The van der Waals surface area contributed by atoms with Crippen molar-refractivity contribution >= 4 is 5.91 Å². The van der Waals surface area contributed by atoms with E-state index in [0.29, 0.717) is 24.3 Å². The van der Waals surface area contributed by atoms with Gasteiger partial charge in [-0.3, -0.25) is 4.79 Å². The highest BCUT2D eigenvalue weighted by Gasteiger charge is 2.32. The fourth-order valence-electron chi connectivity index (χ4n) is 3.27. The summed E-state index contributed by atoms with van der Waals surface area (Å²) < 4.78 is 0. The van der Waals surface area contributed by atoms with Gasteiger partial charge in [-0.25, -0.2) is 0 Å². The Bertz CT molecular complexity index is 269. The molecule has 0 bridgehead atoms. The smallest absolute Gasteiger partial charge is 0.223 e. The van der Waals surface area contributed by atoms with E-state index in [-0.39, 0.29) is 6.04 Å². The van der Waals surface area contributed by atoms with E-state index < -0.39 is 0 Å². The summed E-state index contributed by atoms with van der Waals surface area (Å²) >= 11 is 0. The van der Waals surface area contributed by atoms with Crippen molar-refractivity contribution in [2.45, 2.75) is 50.6 Å². The molecular formula is C13H25N3O. The van der Waals surface area contributed by atoms with Gasteiger partial charge in [0.2, 0.25) is 5.91 Å². The van der Waals surface area contributed by atoms with Crippen LogP contribution < -0.4 is 11.1 Å². The summed E-state index contributed by atoms with van der Waals surface area (Å²) in [7, 11) is 1.95. The largest absolute Gasteiger partial charge is 0.338 e. The summed E-state index contributed by atoms with van der Waals surface area (Å²) in [6.07, 6.45) is 6.38. The third-order valence-corrected chi connectivity index (χ3v) is 4.29. The molecular weight excluding hydrogens is 214 g/mol. The normalized spacial score (nSPS) is 33.3. The fourth-order valence-corrected chi connectivity index (χ4v) is 3.27. The van der Waals surface area contributed by atoms with Gasteiger partial charge in [-0.15, -0.1) is 0 Å². The van der Waals surface area contributed by atoms with E-state index in [1.54, 1.807) is 0 Å². The molecule has 1 heterocycles. The minimum absolute atomic E-state index is 0.254. The zero-order chi connectivity index (χ0) is 12.3. The van der Waals surface area contributed by atoms with Crippen LogP contribution in [0.4, 0.5) is 0 Å². The van der Waals surface area contributed by atoms with Gasteiger partial charge in [-0.2, -0.15) is 0 Å². The van der Waals surface area contributed by atoms with Crippen LogP contribution >= 0.6 is 0 Å². The van der Waals surface area contributed by atoms with E-state index in [0.717, 1.165) is 38.8 Å². The maximum atomic E-state index is 12.3. The second-order valence-electron chi connectivity index (χ2n) is 5.50.